The Morgan fingerprint density at radius 1 is 1.10 bits per heavy atom. The predicted octanol–water partition coefficient (Wildman–Crippen LogP) is 3.09. The SMILES string of the molecule is C=C(c1ccnc2ccccc12)n1ccccc1=NC. The molecule has 0 unspecified atom stereocenters. The Hall–Kier alpha value is -2.68. The van der Waals surface area contributed by atoms with Crippen molar-refractivity contribution in [3.8, 4) is 0 Å². The summed E-state index contributed by atoms with van der Waals surface area (Å²) in [5.74, 6) is 0. The Kier molecular flexibility index (Phi) is 3.17. The highest BCUT2D eigenvalue weighted by Crippen LogP contribution is 2.22. The lowest BCUT2D eigenvalue weighted by atomic mass is 10.1. The highest BCUT2D eigenvalue weighted by molar-refractivity contribution is 5.90. The Morgan fingerprint density at radius 2 is 1.90 bits per heavy atom. The summed E-state index contributed by atoms with van der Waals surface area (Å²) in [5, 5.41) is 1.10. The van der Waals surface area contributed by atoms with E-state index in [0.29, 0.717) is 0 Å². The molecule has 0 saturated carbocycles. The van der Waals surface area contributed by atoms with Gasteiger partial charge in [0.25, 0.3) is 0 Å². The molecule has 0 atom stereocenters. The van der Waals surface area contributed by atoms with E-state index in [1.807, 2.05) is 59.4 Å². The molecule has 3 aromatic rings. The quantitative estimate of drug-likeness (QED) is 0.697. The van der Waals surface area contributed by atoms with Crippen LogP contribution in [0.5, 0.6) is 0 Å². The zero-order valence-electron chi connectivity index (χ0n) is 11.3. The van der Waals surface area contributed by atoms with Crippen LogP contribution in [0.4, 0.5) is 0 Å². The van der Waals surface area contributed by atoms with Gasteiger partial charge in [0.1, 0.15) is 5.49 Å². The normalized spacial score (nSPS) is 11.8. The van der Waals surface area contributed by atoms with E-state index in [2.05, 4.69) is 22.6 Å². The molecule has 0 fully saturated rings. The molecule has 0 spiro atoms. The Bertz CT molecular complexity index is 838. The first-order valence-corrected chi connectivity index (χ1v) is 6.45. The van der Waals surface area contributed by atoms with Crippen LogP contribution < -0.4 is 5.49 Å². The molecule has 0 N–H and O–H groups in total. The van der Waals surface area contributed by atoms with E-state index in [4.69, 9.17) is 0 Å². The minimum atomic E-state index is 0.874. The van der Waals surface area contributed by atoms with Crippen molar-refractivity contribution in [2.24, 2.45) is 4.99 Å². The van der Waals surface area contributed by atoms with E-state index < -0.39 is 0 Å². The van der Waals surface area contributed by atoms with Crippen LogP contribution in [0.1, 0.15) is 5.56 Å². The fraction of sp³-hybridized carbons (Fsp3) is 0.0588. The van der Waals surface area contributed by atoms with E-state index in [0.717, 1.165) is 27.7 Å². The summed E-state index contributed by atoms with van der Waals surface area (Å²) in [6.07, 6.45) is 3.79. The molecule has 2 aromatic heterocycles. The first-order valence-electron chi connectivity index (χ1n) is 6.45. The van der Waals surface area contributed by atoms with Gasteiger partial charge >= 0.3 is 0 Å². The largest absolute Gasteiger partial charge is 0.302 e. The molecule has 0 amide bonds. The summed E-state index contributed by atoms with van der Waals surface area (Å²) in [6, 6.07) is 16.0. The van der Waals surface area contributed by atoms with Gasteiger partial charge in [0, 0.05) is 36.1 Å². The molecule has 3 heteroatoms. The van der Waals surface area contributed by atoms with Gasteiger partial charge in [-0.2, -0.15) is 0 Å². The van der Waals surface area contributed by atoms with Crippen LogP contribution in [0.25, 0.3) is 16.6 Å². The maximum atomic E-state index is 4.39. The first-order chi connectivity index (χ1) is 9.81. The van der Waals surface area contributed by atoms with Gasteiger partial charge in [-0.3, -0.25) is 9.98 Å². The lowest BCUT2D eigenvalue weighted by molar-refractivity contribution is 0.965. The topological polar surface area (TPSA) is 30.2 Å². The van der Waals surface area contributed by atoms with Gasteiger partial charge in [-0.05, 0) is 24.3 Å². The molecule has 0 bridgehead atoms. The molecular formula is C17H15N3. The first kappa shape index (κ1) is 12.4. The summed E-state index contributed by atoms with van der Waals surface area (Å²) in [6.45, 7) is 4.23. The zero-order valence-corrected chi connectivity index (χ0v) is 11.3. The third-order valence-corrected chi connectivity index (χ3v) is 3.32. The van der Waals surface area contributed by atoms with Crippen LogP contribution in [0.3, 0.4) is 0 Å². The molecule has 1 aromatic carbocycles. The van der Waals surface area contributed by atoms with Gasteiger partial charge in [0.2, 0.25) is 0 Å². The summed E-state index contributed by atoms with van der Waals surface area (Å²) in [4.78, 5) is 8.67. The van der Waals surface area contributed by atoms with Crippen LogP contribution in [-0.4, -0.2) is 16.6 Å². The highest BCUT2D eigenvalue weighted by atomic mass is 15.0. The second kappa shape index (κ2) is 5.13. The molecule has 3 nitrogen and oxygen atoms in total. The van der Waals surface area contributed by atoms with E-state index in [9.17, 15) is 0 Å². The molecule has 0 radical (unpaired) electrons. The molecule has 3 rings (SSSR count). The summed E-state index contributed by atoms with van der Waals surface area (Å²) in [7, 11) is 1.78. The molecule has 0 aliphatic carbocycles. The van der Waals surface area contributed by atoms with Crippen LogP contribution in [-0.2, 0) is 0 Å². The van der Waals surface area contributed by atoms with Crippen LogP contribution in [0.15, 0.2) is 72.5 Å². The molecule has 20 heavy (non-hydrogen) atoms. The van der Waals surface area contributed by atoms with Crippen molar-refractivity contribution in [1.82, 2.24) is 9.55 Å². The van der Waals surface area contributed by atoms with Crippen molar-refractivity contribution in [2.45, 2.75) is 0 Å². The Balaban J connectivity index is 2.24. The number of fused-ring (bicyclic) bond motifs is 1. The average molecular weight is 261 g/mol. The zero-order chi connectivity index (χ0) is 13.9. The molecule has 0 aliphatic heterocycles. The van der Waals surface area contributed by atoms with Crippen molar-refractivity contribution in [3.63, 3.8) is 0 Å². The fourth-order valence-corrected chi connectivity index (χ4v) is 2.32. The number of hydrogen-bond donors (Lipinski definition) is 0. The second-order valence-corrected chi connectivity index (χ2v) is 4.47. The number of hydrogen-bond acceptors (Lipinski definition) is 2. The van der Waals surface area contributed by atoms with Crippen molar-refractivity contribution in [3.05, 3.63) is 78.6 Å². The Morgan fingerprint density at radius 3 is 2.75 bits per heavy atom. The lowest BCUT2D eigenvalue weighted by Gasteiger charge is -2.12. The fourth-order valence-electron chi connectivity index (χ4n) is 2.32. The molecular weight excluding hydrogens is 246 g/mol. The monoisotopic (exact) mass is 261 g/mol. The number of nitrogens with zero attached hydrogens (tertiary/aromatic N) is 3. The maximum Gasteiger partial charge on any atom is 0.131 e. The van der Waals surface area contributed by atoms with Crippen LogP contribution in [0.2, 0.25) is 0 Å². The average Bonchev–Trinajstić information content (AvgIpc) is 2.53. The van der Waals surface area contributed by atoms with Gasteiger partial charge in [0.15, 0.2) is 0 Å². The molecule has 0 saturated heterocycles. The molecule has 2 heterocycles. The van der Waals surface area contributed by atoms with E-state index in [1.165, 1.54) is 0 Å². The molecule has 0 aliphatic rings. The van der Waals surface area contributed by atoms with E-state index >= 15 is 0 Å². The Labute approximate surface area is 117 Å². The number of benzene rings is 1. The van der Waals surface area contributed by atoms with Gasteiger partial charge < -0.3 is 4.57 Å². The van der Waals surface area contributed by atoms with Gasteiger partial charge in [-0.25, -0.2) is 0 Å². The van der Waals surface area contributed by atoms with Crippen molar-refractivity contribution < 1.29 is 0 Å². The smallest absolute Gasteiger partial charge is 0.131 e. The number of pyridine rings is 2. The third-order valence-electron chi connectivity index (χ3n) is 3.32. The number of aromatic nitrogens is 2. The maximum absolute atomic E-state index is 4.39. The second-order valence-electron chi connectivity index (χ2n) is 4.47. The van der Waals surface area contributed by atoms with Crippen molar-refractivity contribution in [1.29, 1.82) is 0 Å². The van der Waals surface area contributed by atoms with Crippen LogP contribution >= 0.6 is 0 Å². The number of rotatable bonds is 2. The standard InChI is InChI=1S/C17H15N3/c1-13(20-12-6-5-9-17(20)18-2)14-10-11-19-16-8-4-3-7-15(14)16/h3-12H,1H2,2H3. The highest BCUT2D eigenvalue weighted by Gasteiger charge is 2.06. The van der Waals surface area contributed by atoms with Crippen molar-refractivity contribution >= 4 is 16.6 Å². The summed E-state index contributed by atoms with van der Waals surface area (Å²) < 4.78 is 1.99. The minimum absolute atomic E-state index is 0.874. The van der Waals surface area contributed by atoms with E-state index in [1.54, 1.807) is 7.05 Å². The van der Waals surface area contributed by atoms with Gasteiger partial charge in [-0.1, -0.05) is 30.8 Å². The van der Waals surface area contributed by atoms with Gasteiger partial charge in [-0.15, -0.1) is 0 Å². The number of para-hydroxylation sites is 1. The third kappa shape index (κ3) is 2.03. The lowest BCUT2D eigenvalue weighted by Crippen LogP contribution is -2.18. The van der Waals surface area contributed by atoms with Crippen LogP contribution in [0, 0.1) is 0 Å². The van der Waals surface area contributed by atoms with E-state index in [-0.39, 0.29) is 0 Å². The molecule has 98 valence electrons. The summed E-state index contributed by atoms with van der Waals surface area (Å²) >= 11 is 0. The minimum Gasteiger partial charge on any atom is -0.302 e. The summed E-state index contributed by atoms with van der Waals surface area (Å²) in [5.41, 5.74) is 3.80. The van der Waals surface area contributed by atoms with Crippen molar-refractivity contribution in [2.75, 3.05) is 7.05 Å². The predicted molar refractivity (Wildman–Crippen MR) is 82.1 cm³/mol. The van der Waals surface area contributed by atoms with Gasteiger partial charge in [0.05, 0.1) is 5.52 Å².